The molecule has 0 aromatic heterocycles. The van der Waals surface area contributed by atoms with Gasteiger partial charge in [-0.05, 0) is 43.0 Å². The first-order chi connectivity index (χ1) is 14.1. The largest absolute Gasteiger partial charge is 0.370 e. The Morgan fingerprint density at radius 3 is 2.59 bits per heavy atom. The molecule has 5 nitrogen and oxygen atoms in total. The normalized spacial score (nSPS) is 19.5. The van der Waals surface area contributed by atoms with Crippen molar-refractivity contribution in [1.82, 2.24) is 4.90 Å². The first-order valence-electron chi connectivity index (χ1n) is 10.3. The van der Waals surface area contributed by atoms with Crippen molar-refractivity contribution in [2.45, 2.75) is 32.2 Å². The summed E-state index contributed by atoms with van der Waals surface area (Å²) in [5.41, 5.74) is 2.38. The van der Waals surface area contributed by atoms with Crippen LogP contribution in [0, 0.1) is 11.7 Å². The number of benzene rings is 2. The average Bonchev–Trinajstić information content (AvgIpc) is 3.10. The van der Waals surface area contributed by atoms with Crippen molar-refractivity contribution in [3.63, 3.8) is 0 Å². The maximum absolute atomic E-state index is 13.9. The van der Waals surface area contributed by atoms with Crippen LogP contribution < -0.4 is 10.2 Å². The lowest BCUT2D eigenvalue weighted by molar-refractivity contribution is -0.128. The quantitative estimate of drug-likeness (QED) is 0.838. The molecular formula is C23H26FN3O2. The van der Waals surface area contributed by atoms with Crippen molar-refractivity contribution in [3.8, 4) is 0 Å². The van der Waals surface area contributed by atoms with Crippen LogP contribution in [0.1, 0.15) is 31.2 Å². The van der Waals surface area contributed by atoms with Crippen LogP contribution >= 0.6 is 0 Å². The smallest absolute Gasteiger partial charge is 0.229 e. The van der Waals surface area contributed by atoms with Gasteiger partial charge in [0.15, 0.2) is 0 Å². The van der Waals surface area contributed by atoms with E-state index in [2.05, 4.69) is 10.2 Å². The summed E-state index contributed by atoms with van der Waals surface area (Å²) in [5, 5.41) is 2.90. The minimum absolute atomic E-state index is 0.0236. The molecule has 0 saturated carbocycles. The molecule has 2 heterocycles. The molecule has 2 aliphatic rings. The van der Waals surface area contributed by atoms with E-state index in [-0.39, 0.29) is 24.1 Å². The summed E-state index contributed by atoms with van der Waals surface area (Å²) >= 11 is 0. The fourth-order valence-electron chi connectivity index (χ4n) is 4.16. The van der Waals surface area contributed by atoms with E-state index in [1.54, 1.807) is 11.0 Å². The van der Waals surface area contributed by atoms with E-state index in [0.717, 1.165) is 37.2 Å². The Labute approximate surface area is 170 Å². The Morgan fingerprint density at radius 2 is 1.83 bits per heavy atom. The highest BCUT2D eigenvalue weighted by Crippen LogP contribution is 2.31. The van der Waals surface area contributed by atoms with Crippen LogP contribution in [0.3, 0.4) is 0 Å². The van der Waals surface area contributed by atoms with Crippen LogP contribution in [0.5, 0.6) is 0 Å². The van der Waals surface area contributed by atoms with E-state index in [9.17, 15) is 14.0 Å². The van der Waals surface area contributed by atoms with E-state index in [1.807, 2.05) is 30.3 Å². The molecule has 1 unspecified atom stereocenters. The zero-order valence-electron chi connectivity index (χ0n) is 16.4. The third-order valence-corrected chi connectivity index (χ3v) is 5.71. The molecule has 2 saturated heterocycles. The standard InChI is InChI=1S/C23H26FN3O2/c24-19-9-10-21(26-11-5-2-6-12-26)20(14-19)25-23(29)18-13-22(28)27(16-18)15-17-7-3-1-4-8-17/h1,3-4,7-10,14,18H,2,5-6,11-13,15-16H2,(H,25,29). The van der Waals surface area contributed by atoms with Crippen molar-refractivity contribution in [3.05, 3.63) is 59.9 Å². The zero-order valence-corrected chi connectivity index (χ0v) is 16.4. The number of nitrogens with one attached hydrogen (secondary N) is 1. The Morgan fingerprint density at radius 1 is 1.07 bits per heavy atom. The SMILES string of the molecule is O=C(Nc1cc(F)ccc1N1CCCCC1)C1CC(=O)N(Cc2ccccc2)C1. The number of rotatable bonds is 5. The van der Waals surface area contributed by atoms with Crippen LogP contribution in [0.2, 0.25) is 0 Å². The number of anilines is 2. The molecule has 1 atom stereocenters. The molecule has 0 aliphatic carbocycles. The number of carbonyl (C=O) groups excluding carboxylic acids is 2. The topological polar surface area (TPSA) is 52.7 Å². The fraction of sp³-hybridized carbons (Fsp3) is 0.391. The van der Waals surface area contributed by atoms with Crippen molar-refractivity contribution in [2.24, 2.45) is 5.92 Å². The molecule has 2 aliphatic heterocycles. The minimum atomic E-state index is -0.427. The summed E-state index contributed by atoms with van der Waals surface area (Å²) in [6.45, 7) is 2.69. The first-order valence-corrected chi connectivity index (χ1v) is 10.3. The molecule has 29 heavy (non-hydrogen) atoms. The van der Waals surface area contributed by atoms with Crippen LogP contribution in [0.4, 0.5) is 15.8 Å². The highest BCUT2D eigenvalue weighted by molar-refractivity contribution is 5.99. The van der Waals surface area contributed by atoms with Crippen molar-refractivity contribution >= 4 is 23.2 Å². The third kappa shape index (κ3) is 4.58. The van der Waals surface area contributed by atoms with Gasteiger partial charge >= 0.3 is 0 Å². The number of nitrogens with zero attached hydrogens (tertiary/aromatic N) is 2. The van der Waals surface area contributed by atoms with Gasteiger partial charge in [-0.15, -0.1) is 0 Å². The molecule has 4 rings (SSSR count). The Hall–Kier alpha value is -2.89. The van der Waals surface area contributed by atoms with Gasteiger partial charge in [0.25, 0.3) is 0 Å². The summed E-state index contributed by atoms with van der Waals surface area (Å²) in [6.07, 6.45) is 3.57. The van der Waals surface area contributed by atoms with E-state index >= 15 is 0 Å². The number of piperidine rings is 1. The zero-order chi connectivity index (χ0) is 20.2. The second-order valence-electron chi connectivity index (χ2n) is 7.86. The van der Waals surface area contributed by atoms with Crippen LogP contribution in [-0.2, 0) is 16.1 Å². The molecular weight excluding hydrogens is 369 g/mol. The molecule has 152 valence electrons. The Bertz CT molecular complexity index is 881. The van der Waals surface area contributed by atoms with Crippen molar-refractivity contribution in [2.75, 3.05) is 29.9 Å². The monoisotopic (exact) mass is 395 g/mol. The van der Waals surface area contributed by atoms with E-state index < -0.39 is 5.92 Å². The summed E-state index contributed by atoms with van der Waals surface area (Å²) in [7, 11) is 0. The van der Waals surface area contributed by atoms with E-state index in [1.165, 1.54) is 18.6 Å². The molecule has 2 amide bonds. The van der Waals surface area contributed by atoms with E-state index in [4.69, 9.17) is 0 Å². The number of carbonyl (C=O) groups is 2. The molecule has 6 heteroatoms. The molecule has 2 aromatic carbocycles. The molecule has 2 aromatic rings. The fourth-order valence-corrected chi connectivity index (χ4v) is 4.16. The highest BCUT2D eigenvalue weighted by Gasteiger charge is 2.34. The predicted octanol–water partition coefficient (Wildman–Crippen LogP) is 3.80. The molecule has 2 fully saturated rings. The summed E-state index contributed by atoms with van der Waals surface area (Å²) < 4.78 is 13.9. The van der Waals surface area contributed by atoms with E-state index in [0.29, 0.717) is 18.8 Å². The number of hydrogen-bond acceptors (Lipinski definition) is 3. The van der Waals surface area contributed by atoms with Crippen LogP contribution in [-0.4, -0.2) is 36.3 Å². The lowest BCUT2D eigenvalue weighted by Crippen LogP contribution is -2.32. The lowest BCUT2D eigenvalue weighted by Gasteiger charge is -2.30. The second-order valence-corrected chi connectivity index (χ2v) is 7.86. The summed E-state index contributed by atoms with van der Waals surface area (Å²) in [4.78, 5) is 29.2. The maximum atomic E-state index is 13.9. The second kappa shape index (κ2) is 8.64. The van der Waals surface area contributed by atoms with Gasteiger partial charge in [-0.2, -0.15) is 0 Å². The first kappa shape index (κ1) is 19.4. The number of hydrogen-bond donors (Lipinski definition) is 1. The van der Waals surface area contributed by atoms with Gasteiger partial charge in [-0.25, -0.2) is 4.39 Å². The lowest BCUT2D eigenvalue weighted by atomic mass is 10.1. The number of likely N-dealkylation sites (tertiary alicyclic amines) is 1. The van der Waals surface area contributed by atoms with Gasteiger partial charge in [-0.1, -0.05) is 30.3 Å². The average molecular weight is 395 g/mol. The summed E-state index contributed by atoms with van der Waals surface area (Å²) in [6, 6.07) is 14.3. The van der Waals surface area contributed by atoms with Crippen molar-refractivity contribution < 1.29 is 14.0 Å². The van der Waals surface area contributed by atoms with Gasteiger partial charge in [0, 0.05) is 32.6 Å². The van der Waals surface area contributed by atoms with Crippen molar-refractivity contribution in [1.29, 1.82) is 0 Å². The van der Waals surface area contributed by atoms with Crippen LogP contribution in [0.25, 0.3) is 0 Å². The summed E-state index contributed by atoms with van der Waals surface area (Å²) in [5.74, 6) is -1.06. The molecule has 0 spiro atoms. The molecule has 1 N–H and O–H groups in total. The molecule has 0 bridgehead atoms. The maximum Gasteiger partial charge on any atom is 0.229 e. The Balaban J connectivity index is 1.44. The minimum Gasteiger partial charge on any atom is -0.370 e. The van der Waals surface area contributed by atoms with Gasteiger partial charge in [0.2, 0.25) is 11.8 Å². The Kier molecular flexibility index (Phi) is 5.79. The number of halogens is 1. The molecule has 0 radical (unpaired) electrons. The highest BCUT2D eigenvalue weighted by atomic mass is 19.1. The predicted molar refractivity (Wildman–Crippen MR) is 111 cm³/mol. The van der Waals surface area contributed by atoms with Gasteiger partial charge < -0.3 is 15.1 Å². The number of amides is 2. The van der Waals surface area contributed by atoms with Gasteiger partial charge in [0.05, 0.1) is 17.3 Å². The van der Waals surface area contributed by atoms with Gasteiger partial charge in [-0.3, -0.25) is 9.59 Å². The third-order valence-electron chi connectivity index (χ3n) is 5.71. The van der Waals surface area contributed by atoms with Crippen LogP contribution in [0.15, 0.2) is 48.5 Å². The van der Waals surface area contributed by atoms with Gasteiger partial charge in [0.1, 0.15) is 5.82 Å².